The summed E-state index contributed by atoms with van der Waals surface area (Å²) < 4.78 is 0. The molecule has 0 radical (unpaired) electrons. The summed E-state index contributed by atoms with van der Waals surface area (Å²) in [6.45, 7) is 2.68. The second kappa shape index (κ2) is 4.78. The third-order valence-corrected chi connectivity index (χ3v) is 2.36. The fourth-order valence-corrected chi connectivity index (χ4v) is 0.977. The van der Waals surface area contributed by atoms with Crippen molar-refractivity contribution in [3.8, 4) is 0 Å². The predicted octanol–water partition coefficient (Wildman–Crippen LogP) is 0.396. The molecule has 0 spiro atoms. The van der Waals surface area contributed by atoms with E-state index in [1.807, 2.05) is 0 Å². The van der Waals surface area contributed by atoms with Crippen molar-refractivity contribution in [2.24, 2.45) is 0 Å². The van der Waals surface area contributed by atoms with Crippen LogP contribution < -0.4 is 10.6 Å². The van der Waals surface area contributed by atoms with E-state index in [4.69, 9.17) is 5.11 Å². The minimum absolute atomic E-state index is 0.0263. The second-order valence-corrected chi connectivity index (χ2v) is 3.76. The van der Waals surface area contributed by atoms with Crippen molar-refractivity contribution >= 4 is 17.9 Å². The molecule has 1 aliphatic carbocycles. The number of urea groups is 1. The molecular formula is C10H14N2O4. The lowest BCUT2D eigenvalue weighted by Crippen LogP contribution is -2.41. The largest absolute Gasteiger partial charge is 0.478 e. The second-order valence-electron chi connectivity index (χ2n) is 3.76. The van der Waals surface area contributed by atoms with Gasteiger partial charge in [0.2, 0.25) is 0 Å². The molecule has 0 aromatic carbocycles. The Morgan fingerprint density at radius 2 is 1.69 bits per heavy atom. The predicted molar refractivity (Wildman–Crippen MR) is 55.7 cm³/mol. The van der Waals surface area contributed by atoms with Crippen molar-refractivity contribution in [3.05, 3.63) is 11.1 Å². The van der Waals surface area contributed by atoms with Crippen molar-refractivity contribution in [2.75, 3.05) is 0 Å². The van der Waals surface area contributed by atoms with E-state index in [1.54, 1.807) is 0 Å². The number of imide groups is 1. The summed E-state index contributed by atoms with van der Waals surface area (Å²) in [6, 6.07) is -0.428. The summed E-state index contributed by atoms with van der Waals surface area (Å²) in [4.78, 5) is 33.2. The van der Waals surface area contributed by atoms with Gasteiger partial charge in [-0.3, -0.25) is 10.1 Å². The fourth-order valence-electron chi connectivity index (χ4n) is 0.977. The Morgan fingerprint density at radius 3 is 2.12 bits per heavy atom. The normalized spacial score (nSPS) is 16.1. The number of carboxylic acids is 1. The van der Waals surface area contributed by atoms with Gasteiger partial charge in [0.15, 0.2) is 0 Å². The Kier molecular flexibility index (Phi) is 3.65. The van der Waals surface area contributed by atoms with E-state index in [0.717, 1.165) is 12.8 Å². The van der Waals surface area contributed by atoms with Gasteiger partial charge in [0.1, 0.15) is 0 Å². The molecular weight excluding hydrogens is 212 g/mol. The van der Waals surface area contributed by atoms with Crippen molar-refractivity contribution in [1.29, 1.82) is 0 Å². The highest BCUT2D eigenvalue weighted by molar-refractivity contribution is 6.07. The standard InChI is InChI=1S/C10H14N2O4/c1-5(6(2)9(14)15)8(13)12-10(16)11-7-3-4-7/h7H,3-4H2,1-2H3,(H,14,15)(H2,11,12,13,16). The monoisotopic (exact) mass is 226 g/mol. The molecule has 6 nitrogen and oxygen atoms in total. The first kappa shape index (κ1) is 12.2. The van der Waals surface area contributed by atoms with E-state index in [9.17, 15) is 14.4 Å². The van der Waals surface area contributed by atoms with Gasteiger partial charge in [0, 0.05) is 17.2 Å². The van der Waals surface area contributed by atoms with Gasteiger partial charge in [0.05, 0.1) is 0 Å². The number of carbonyl (C=O) groups excluding carboxylic acids is 2. The third kappa shape index (κ3) is 3.38. The number of amides is 3. The summed E-state index contributed by atoms with van der Waals surface area (Å²) in [5.41, 5.74) is -0.0461. The molecule has 0 atom stereocenters. The molecule has 88 valence electrons. The summed E-state index contributed by atoms with van der Waals surface area (Å²) in [5, 5.41) is 13.3. The van der Waals surface area contributed by atoms with E-state index >= 15 is 0 Å². The summed E-state index contributed by atoms with van der Waals surface area (Å²) >= 11 is 0. The molecule has 0 unspecified atom stereocenters. The van der Waals surface area contributed by atoms with Crippen molar-refractivity contribution < 1.29 is 19.5 Å². The molecule has 1 fully saturated rings. The zero-order valence-corrected chi connectivity index (χ0v) is 9.16. The van der Waals surface area contributed by atoms with Crippen LogP contribution in [0.5, 0.6) is 0 Å². The quantitative estimate of drug-likeness (QED) is 0.607. The van der Waals surface area contributed by atoms with E-state index in [1.165, 1.54) is 13.8 Å². The molecule has 0 aromatic heterocycles. The number of hydrogen-bond donors (Lipinski definition) is 3. The molecule has 1 saturated carbocycles. The smallest absolute Gasteiger partial charge is 0.331 e. The Bertz CT molecular complexity index is 369. The van der Waals surface area contributed by atoms with Gasteiger partial charge < -0.3 is 10.4 Å². The topological polar surface area (TPSA) is 95.5 Å². The van der Waals surface area contributed by atoms with E-state index in [0.29, 0.717) is 0 Å². The van der Waals surface area contributed by atoms with Crippen LogP contribution in [0.25, 0.3) is 0 Å². The van der Waals surface area contributed by atoms with Crippen LogP contribution >= 0.6 is 0 Å². The maximum Gasteiger partial charge on any atom is 0.331 e. The lowest BCUT2D eigenvalue weighted by Gasteiger charge is -2.06. The molecule has 0 heterocycles. The summed E-state index contributed by atoms with van der Waals surface area (Å²) in [5.74, 6) is -1.85. The minimum Gasteiger partial charge on any atom is -0.478 e. The van der Waals surface area contributed by atoms with Crippen LogP contribution in [0.2, 0.25) is 0 Å². The van der Waals surface area contributed by atoms with Crippen molar-refractivity contribution in [3.63, 3.8) is 0 Å². The summed E-state index contributed by atoms with van der Waals surface area (Å²) in [7, 11) is 0. The maximum absolute atomic E-state index is 11.4. The number of carbonyl (C=O) groups is 3. The zero-order chi connectivity index (χ0) is 12.3. The van der Waals surface area contributed by atoms with Crippen LogP contribution in [0.1, 0.15) is 26.7 Å². The van der Waals surface area contributed by atoms with Gasteiger partial charge in [-0.25, -0.2) is 9.59 Å². The van der Waals surface area contributed by atoms with Crippen molar-refractivity contribution in [1.82, 2.24) is 10.6 Å². The minimum atomic E-state index is -1.17. The Hall–Kier alpha value is -1.85. The van der Waals surface area contributed by atoms with Gasteiger partial charge in [-0.2, -0.15) is 0 Å². The third-order valence-electron chi connectivity index (χ3n) is 2.36. The highest BCUT2D eigenvalue weighted by atomic mass is 16.4. The zero-order valence-electron chi connectivity index (χ0n) is 9.16. The van der Waals surface area contributed by atoms with E-state index in [-0.39, 0.29) is 17.2 Å². The van der Waals surface area contributed by atoms with E-state index in [2.05, 4.69) is 10.6 Å². The molecule has 0 aromatic rings. The molecule has 1 rings (SSSR count). The molecule has 6 heteroatoms. The molecule has 0 bridgehead atoms. The van der Waals surface area contributed by atoms with Crippen molar-refractivity contribution in [2.45, 2.75) is 32.7 Å². The van der Waals surface area contributed by atoms with E-state index < -0.39 is 17.9 Å². The molecule has 1 aliphatic rings. The molecule has 16 heavy (non-hydrogen) atoms. The van der Waals surface area contributed by atoms with Gasteiger partial charge in [-0.05, 0) is 26.7 Å². The van der Waals surface area contributed by atoms with Gasteiger partial charge in [-0.1, -0.05) is 0 Å². The number of rotatable bonds is 3. The van der Waals surface area contributed by atoms with Crippen LogP contribution in [-0.2, 0) is 9.59 Å². The average molecular weight is 226 g/mol. The highest BCUT2D eigenvalue weighted by Gasteiger charge is 2.24. The van der Waals surface area contributed by atoms with Gasteiger partial charge in [0.25, 0.3) is 5.91 Å². The Balaban J connectivity index is 2.53. The fraction of sp³-hybridized carbons (Fsp3) is 0.500. The van der Waals surface area contributed by atoms with Crippen LogP contribution in [0.4, 0.5) is 4.79 Å². The SMILES string of the molecule is CC(C(=O)O)=C(C)C(=O)NC(=O)NC1CC1. The molecule has 3 N–H and O–H groups in total. The lowest BCUT2D eigenvalue weighted by molar-refractivity contribution is -0.133. The Labute approximate surface area is 92.7 Å². The number of nitrogens with one attached hydrogen (secondary N) is 2. The van der Waals surface area contributed by atoms with Gasteiger partial charge >= 0.3 is 12.0 Å². The number of hydrogen-bond acceptors (Lipinski definition) is 3. The first-order valence-electron chi connectivity index (χ1n) is 4.94. The first-order chi connectivity index (χ1) is 7.41. The average Bonchev–Trinajstić information content (AvgIpc) is 2.98. The highest BCUT2D eigenvalue weighted by Crippen LogP contribution is 2.18. The van der Waals surface area contributed by atoms with Crippen LogP contribution in [-0.4, -0.2) is 29.1 Å². The van der Waals surface area contributed by atoms with Crippen LogP contribution in [0.15, 0.2) is 11.1 Å². The Morgan fingerprint density at radius 1 is 1.12 bits per heavy atom. The van der Waals surface area contributed by atoms with Crippen LogP contribution in [0, 0.1) is 0 Å². The number of aliphatic carboxylic acids is 1. The number of carboxylic acid groups (broad SMARTS) is 1. The first-order valence-corrected chi connectivity index (χ1v) is 4.94. The van der Waals surface area contributed by atoms with Gasteiger partial charge in [-0.15, -0.1) is 0 Å². The molecule has 0 saturated heterocycles. The van der Waals surface area contributed by atoms with Crippen LogP contribution in [0.3, 0.4) is 0 Å². The maximum atomic E-state index is 11.4. The molecule has 3 amide bonds. The lowest BCUT2D eigenvalue weighted by atomic mass is 10.1. The molecule has 0 aliphatic heterocycles. The summed E-state index contributed by atoms with van der Waals surface area (Å²) in [6.07, 6.45) is 1.84.